The zero-order chi connectivity index (χ0) is 29.0. The number of unbranched alkanes of at least 4 members (excludes halogenated alkanes) is 15. The first-order chi connectivity index (χ1) is 18.8. The van der Waals surface area contributed by atoms with E-state index in [0.717, 1.165) is 57.8 Å². The normalized spacial score (nSPS) is 13.4. The highest BCUT2D eigenvalue weighted by molar-refractivity contribution is 7.85. The Bertz CT molecular complexity index is 641. The SMILES string of the molecule is CCCCCCCCNC(=O)OC[C@@H](COP(=O)(Cl)CCCCCCCC)OC(=O)NCCCCCCCC. The van der Waals surface area contributed by atoms with Crippen LogP contribution in [0.25, 0.3) is 0 Å². The molecular formula is C29H58ClN2O6P. The largest absolute Gasteiger partial charge is 0.446 e. The molecule has 0 rings (SSSR count). The summed E-state index contributed by atoms with van der Waals surface area (Å²) in [6.07, 6.45) is 17.9. The van der Waals surface area contributed by atoms with Crippen molar-refractivity contribution in [1.29, 1.82) is 0 Å². The molecule has 0 saturated carbocycles. The summed E-state index contributed by atoms with van der Waals surface area (Å²) < 4.78 is 28.9. The first-order valence-corrected chi connectivity index (χ1v) is 18.3. The molecule has 0 radical (unpaired) electrons. The van der Waals surface area contributed by atoms with Crippen LogP contribution in [0.5, 0.6) is 0 Å². The molecule has 39 heavy (non-hydrogen) atoms. The van der Waals surface area contributed by atoms with Crippen LogP contribution in [-0.2, 0) is 18.6 Å². The van der Waals surface area contributed by atoms with E-state index in [2.05, 4.69) is 31.4 Å². The van der Waals surface area contributed by atoms with Gasteiger partial charge in [-0.25, -0.2) is 9.59 Å². The van der Waals surface area contributed by atoms with E-state index in [1.807, 2.05) is 0 Å². The first kappa shape index (κ1) is 38.0. The molecule has 8 nitrogen and oxygen atoms in total. The monoisotopic (exact) mass is 596 g/mol. The molecule has 0 aliphatic rings. The lowest BCUT2D eigenvalue weighted by molar-refractivity contribution is 0.0210. The predicted octanol–water partition coefficient (Wildman–Crippen LogP) is 9.34. The van der Waals surface area contributed by atoms with E-state index in [1.54, 1.807) is 0 Å². The molecule has 232 valence electrons. The number of hydrogen-bond donors (Lipinski definition) is 2. The molecule has 2 atom stereocenters. The number of carbonyl (C=O) groups is 2. The fourth-order valence-electron chi connectivity index (χ4n) is 4.06. The molecule has 0 aromatic rings. The van der Waals surface area contributed by atoms with Gasteiger partial charge in [0.15, 0.2) is 6.10 Å². The summed E-state index contributed by atoms with van der Waals surface area (Å²) in [6, 6.07) is 0. The molecule has 0 aliphatic heterocycles. The van der Waals surface area contributed by atoms with Crippen LogP contribution in [0.4, 0.5) is 9.59 Å². The average molecular weight is 597 g/mol. The zero-order valence-electron chi connectivity index (χ0n) is 25.1. The lowest BCUT2D eigenvalue weighted by Crippen LogP contribution is -2.36. The van der Waals surface area contributed by atoms with Crippen molar-refractivity contribution in [3.8, 4) is 0 Å². The van der Waals surface area contributed by atoms with Gasteiger partial charge in [-0.3, -0.25) is 4.57 Å². The van der Waals surface area contributed by atoms with Gasteiger partial charge in [0.25, 0.3) is 6.72 Å². The van der Waals surface area contributed by atoms with Crippen molar-refractivity contribution in [2.45, 2.75) is 142 Å². The summed E-state index contributed by atoms with van der Waals surface area (Å²) in [6.45, 7) is 3.78. The van der Waals surface area contributed by atoms with Crippen LogP contribution in [0, 0.1) is 0 Å². The molecule has 2 N–H and O–H groups in total. The van der Waals surface area contributed by atoms with Gasteiger partial charge < -0.3 is 24.6 Å². The number of carbonyl (C=O) groups excluding carboxylic acids is 2. The summed E-state index contributed by atoms with van der Waals surface area (Å²) in [4.78, 5) is 24.5. The Balaban J connectivity index is 4.51. The summed E-state index contributed by atoms with van der Waals surface area (Å²) in [5, 5.41) is 5.46. The maximum atomic E-state index is 12.7. The van der Waals surface area contributed by atoms with Crippen LogP contribution in [0.3, 0.4) is 0 Å². The Labute approximate surface area is 243 Å². The smallest absolute Gasteiger partial charge is 0.407 e. The maximum absolute atomic E-state index is 12.7. The molecule has 0 fully saturated rings. The van der Waals surface area contributed by atoms with Crippen molar-refractivity contribution in [3.05, 3.63) is 0 Å². The van der Waals surface area contributed by atoms with Crippen molar-refractivity contribution < 1.29 is 28.2 Å². The van der Waals surface area contributed by atoms with Gasteiger partial charge in [0.05, 0.1) is 6.61 Å². The molecular weight excluding hydrogens is 539 g/mol. The third-order valence-electron chi connectivity index (χ3n) is 6.51. The van der Waals surface area contributed by atoms with Gasteiger partial charge in [-0.2, -0.15) is 0 Å². The van der Waals surface area contributed by atoms with Gasteiger partial charge in [-0.05, 0) is 30.5 Å². The number of alkyl carbamates (subject to hydrolysis) is 2. The molecule has 0 heterocycles. The Morgan fingerprint density at radius 2 is 1.08 bits per heavy atom. The molecule has 10 heteroatoms. The lowest BCUT2D eigenvalue weighted by Gasteiger charge is -2.20. The Morgan fingerprint density at radius 3 is 1.59 bits per heavy atom. The van der Waals surface area contributed by atoms with Crippen LogP contribution in [0.2, 0.25) is 0 Å². The second kappa shape index (κ2) is 27.2. The van der Waals surface area contributed by atoms with Gasteiger partial charge in [0.2, 0.25) is 0 Å². The molecule has 0 aliphatic carbocycles. The number of hydrogen-bond acceptors (Lipinski definition) is 6. The second-order valence-electron chi connectivity index (χ2n) is 10.4. The molecule has 0 aromatic carbocycles. The van der Waals surface area contributed by atoms with E-state index in [-0.39, 0.29) is 19.4 Å². The van der Waals surface area contributed by atoms with E-state index >= 15 is 0 Å². The summed E-state index contributed by atoms with van der Waals surface area (Å²) in [7, 11) is 0. The minimum Gasteiger partial charge on any atom is -0.446 e. The number of halogens is 1. The molecule has 0 bridgehead atoms. The minimum absolute atomic E-state index is 0.203. The second-order valence-corrected chi connectivity index (χ2v) is 13.8. The standard InChI is InChI=1S/C29H58ClN2O6P/c1-4-7-10-13-16-19-22-31-28(33)36-25-27(38-29(34)32-23-20-17-14-11-8-5-2)26-37-39(30,35)24-21-18-15-12-9-6-3/h27H,4-26H2,1-3H3,(H,31,33)(H,32,34)/t27-,39?/m0/s1. The number of nitrogens with one attached hydrogen (secondary N) is 2. The average Bonchev–Trinajstić information content (AvgIpc) is 2.91. The van der Waals surface area contributed by atoms with Gasteiger partial charge >= 0.3 is 12.2 Å². The van der Waals surface area contributed by atoms with Crippen LogP contribution >= 0.6 is 18.0 Å². The molecule has 0 aromatic heterocycles. The van der Waals surface area contributed by atoms with Crippen LogP contribution in [0.1, 0.15) is 136 Å². The van der Waals surface area contributed by atoms with E-state index < -0.39 is 25.0 Å². The van der Waals surface area contributed by atoms with Crippen molar-refractivity contribution >= 4 is 30.1 Å². The maximum Gasteiger partial charge on any atom is 0.407 e. The van der Waals surface area contributed by atoms with Crippen molar-refractivity contribution in [1.82, 2.24) is 10.6 Å². The summed E-state index contributed by atoms with van der Waals surface area (Å²) in [5.74, 6) is 0. The molecule has 0 spiro atoms. The lowest BCUT2D eigenvalue weighted by atomic mass is 10.1. The highest BCUT2D eigenvalue weighted by Gasteiger charge is 2.24. The predicted molar refractivity (Wildman–Crippen MR) is 162 cm³/mol. The van der Waals surface area contributed by atoms with Crippen LogP contribution < -0.4 is 10.6 Å². The molecule has 1 unspecified atom stereocenters. The van der Waals surface area contributed by atoms with E-state index in [4.69, 9.17) is 25.2 Å². The van der Waals surface area contributed by atoms with Crippen molar-refractivity contribution in [2.24, 2.45) is 0 Å². The summed E-state index contributed by atoms with van der Waals surface area (Å²) in [5.41, 5.74) is 0. The fourth-order valence-corrected chi connectivity index (χ4v) is 5.71. The molecule has 2 amide bonds. The topological polar surface area (TPSA) is 103 Å². The fraction of sp³-hybridized carbons (Fsp3) is 0.931. The van der Waals surface area contributed by atoms with E-state index in [0.29, 0.717) is 19.5 Å². The third-order valence-corrected chi connectivity index (χ3v) is 8.69. The van der Waals surface area contributed by atoms with Crippen LogP contribution in [0.15, 0.2) is 0 Å². The Kier molecular flexibility index (Phi) is 26.5. The Hall–Kier alpha value is -0.980. The third kappa shape index (κ3) is 27.0. The van der Waals surface area contributed by atoms with Crippen molar-refractivity contribution in [2.75, 3.05) is 32.5 Å². The minimum atomic E-state index is -3.36. The van der Waals surface area contributed by atoms with Crippen LogP contribution in [-0.4, -0.2) is 50.8 Å². The van der Waals surface area contributed by atoms with Gasteiger partial charge in [0.1, 0.15) is 6.61 Å². The van der Waals surface area contributed by atoms with E-state index in [1.165, 1.54) is 51.4 Å². The molecule has 0 saturated heterocycles. The van der Waals surface area contributed by atoms with Gasteiger partial charge in [-0.1, -0.05) is 117 Å². The van der Waals surface area contributed by atoms with Gasteiger partial charge in [0, 0.05) is 19.3 Å². The highest BCUT2D eigenvalue weighted by atomic mass is 35.7. The number of ether oxygens (including phenoxy) is 2. The highest BCUT2D eigenvalue weighted by Crippen LogP contribution is 2.53. The quantitative estimate of drug-likeness (QED) is 0.0723. The first-order valence-electron chi connectivity index (χ1n) is 15.6. The summed E-state index contributed by atoms with van der Waals surface area (Å²) >= 11 is 6.16. The number of rotatable bonds is 27. The number of amides is 2. The van der Waals surface area contributed by atoms with Crippen molar-refractivity contribution in [3.63, 3.8) is 0 Å². The Morgan fingerprint density at radius 1 is 0.641 bits per heavy atom. The zero-order valence-corrected chi connectivity index (χ0v) is 26.8. The van der Waals surface area contributed by atoms with E-state index in [9.17, 15) is 14.2 Å². The van der Waals surface area contributed by atoms with Gasteiger partial charge in [-0.15, -0.1) is 0 Å².